The van der Waals surface area contributed by atoms with E-state index in [1.54, 1.807) is 31.2 Å². The molecule has 0 heterocycles. The molecule has 0 saturated heterocycles. The first-order chi connectivity index (χ1) is 15.8. The van der Waals surface area contributed by atoms with Crippen molar-refractivity contribution >= 4 is 29.4 Å². The van der Waals surface area contributed by atoms with E-state index in [2.05, 4.69) is 16.0 Å². The molecule has 176 valence electrons. The number of carbonyl (C=O) groups excluding carboxylic acids is 3. The Morgan fingerprint density at radius 2 is 1.70 bits per heavy atom. The van der Waals surface area contributed by atoms with Crippen LogP contribution in [0.15, 0.2) is 48.5 Å². The Hall–Kier alpha value is -3.88. The van der Waals surface area contributed by atoms with Crippen LogP contribution in [0.25, 0.3) is 0 Å². The molecule has 9 nitrogen and oxygen atoms in total. The van der Waals surface area contributed by atoms with E-state index in [1.807, 2.05) is 31.2 Å². The topological polar surface area (TPSA) is 146 Å². The Balaban J connectivity index is 2.03. The maximum atomic E-state index is 12.6. The van der Waals surface area contributed by atoms with E-state index in [1.165, 1.54) is 0 Å². The van der Waals surface area contributed by atoms with Gasteiger partial charge >= 0.3 is 12.0 Å². The molecule has 2 aromatic rings. The van der Waals surface area contributed by atoms with Crippen molar-refractivity contribution in [2.45, 2.75) is 39.2 Å². The highest BCUT2D eigenvalue weighted by Crippen LogP contribution is 2.19. The van der Waals surface area contributed by atoms with Crippen LogP contribution in [0.4, 0.5) is 10.5 Å². The van der Waals surface area contributed by atoms with Crippen molar-refractivity contribution in [3.8, 4) is 0 Å². The molecule has 1 unspecified atom stereocenters. The normalized spacial score (nSPS) is 11.2. The minimum absolute atomic E-state index is 0.00495. The number of urea groups is 1. The lowest BCUT2D eigenvalue weighted by Crippen LogP contribution is -2.36. The molecule has 0 radical (unpaired) electrons. The van der Waals surface area contributed by atoms with Gasteiger partial charge in [0.15, 0.2) is 0 Å². The van der Waals surface area contributed by atoms with Crippen molar-refractivity contribution in [3.63, 3.8) is 0 Å². The van der Waals surface area contributed by atoms with Gasteiger partial charge in [-0.05, 0) is 48.7 Å². The smallest absolute Gasteiger partial charge is 0.319 e. The number of rotatable bonds is 11. The van der Waals surface area contributed by atoms with Crippen LogP contribution in [0.3, 0.4) is 0 Å². The maximum Gasteiger partial charge on any atom is 0.319 e. The first-order valence-corrected chi connectivity index (χ1v) is 10.9. The number of anilines is 1. The van der Waals surface area contributed by atoms with Crippen LogP contribution in [0, 0.1) is 5.41 Å². The third-order valence-electron chi connectivity index (χ3n) is 4.90. The maximum absolute atomic E-state index is 12.6. The van der Waals surface area contributed by atoms with Gasteiger partial charge in [0.25, 0.3) is 0 Å². The van der Waals surface area contributed by atoms with E-state index >= 15 is 0 Å². The van der Waals surface area contributed by atoms with Crippen LogP contribution in [0.2, 0.25) is 0 Å². The SMILES string of the molecule is CCOC(=O)CCNC(=O)CC(NC(=O)Nc1ccc(C(=N)N)cc1)c1ccc(CC)cc1. The van der Waals surface area contributed by atoms with Gasteiger partial charge in [-0.3, -0.25) is 15.0 Å². The van der Waals surface area contributed by atoms with Gasteiger partial charge in [0.2, 0.25) is 5.91 Å². The van der Waals surface area contributed by atoms with Gasteiger partial charge in [0.1, 0.15) is 5.84 Å². The van der Waals surface area contributed by atoms with Gasteiger partial charge in [0.05, 0.1) is 25.5 Å². The number of hydrogen-bond acceptors (Lipinski definition) is 5. The van der Waals surface area contributed by atoms with E-state index in [9.17, 15) is 14.4 Å². The summed E-state index contributed by atoms with van der Waals surface area (Å²) in [4.78, 5) is 36.5. The summed E-state index contributed by atoms with van der Waals surface area (Å²) in [5.41, 5.74) is 8.46. The Labute approximate surface area is 193 Å². The van der Waals surface area contributed by atoms with Crippen molar-refractivity contribution in [3.05, 3.63) is 65.2 Å². The molecule has 0 saturated carbocycles. The average Bonchev–Trinajstić information content (AvgIpc) is 2.79. The number of nitrogens with two attached hydrogens (primary N) is 1. The molecule has 1 atom stereocenters. The van der Waals surface area contributed by atoms with E-state index < -0.39 is 12.1 Å². The summed E-state index contributed by atoms with van der Waals surface area (Å²) >= 11 is 0. The zero-order valence-electron chi connectivity index (χ0n) is 18.9. The minimum atomic E-state index is -0.574. The van der Waals surface area contributed by atoms with E-state index in [4.69, 9.17) is 15.9 Å². The number of aryl methyl sites for hydroxylation is 1. The van der Waals surface area contributed by atoms with E-state index in [0.717, 1.165) is 17.5 Å². The van der Waals surface area contributed by atoms with Crippen LogP contribution in [0.1, 0.15) is 49.4 Å². The van der Waals surface area contributed by atoms with Crippen molar-refractivity contribution in [2.24, 2.45) is 5.73 Å². The van der Waals surface area contributed by atoms with Crippen LogP contribution in [-0.4, -0.2) is 36.9 Å². The molecule has 0 bridgehead atoms. The lowest BCUT2D eigenvalue weighted by molar-refractivity contribution is -0.143. The molecule has 0 aliphatic heterocycles. The standard InChI is InChI=1S/C24H31N5O4/c1-3-16-5-7-17(8-6-16)20(15-21(30)27-14-13-22(31)33-4-2)29-24(32)28-19-11-9-18(10-12-19)23(25)26/h5-12,20H,3-4,13-15H2,1-2H3,(H3,25,26)(H,27,30)(H2,28,29,32). The number of amides is 3. The molecular weight excluding hydrogens is 422 g/mol. The molecule has 6 N–H and O–H groups in total. The summed E-state index contributed by atoms with van der Waals surface area (Å²) in [6.45, 7) is 4.22. The predicted octanol–water partition coefficient (Wildman–Crippen LogP) is 2.86. The fourth-order valence-corrected chi connectivity index (χ4v) is 3.09. The second-order valence-corrected chi connectivity index (χ2v) is 7.35. The van der Waals surface area contributed by atoms with Crippen LogP contribution < -0.4 is 21.7 Å². The number of ether oxygens (including phenoxy) is 1. The monoisotopic (exact) mass is 453 g/mol. The molecule has 0 spiro atoms. The molecule has 0 aliphatic carbocycles. The van der Waals surface area contributed by atoms with Crippen molar-refractivity contribution in [2.75, 3.05) is 18.5 Å². The molecule has 33 heavy (non-hydrogen) atoms. The first-order valence-electron chi connectivity index (χ1n) is 10.9. The number of carbonyl (C=O) groups is 3. The highest BCUT2D eigenvalue weighted by atomic mass is 16.5. The Morgan fingerprint density at radius 3 is 2.27 bits per heavy atom. The summed E-state index contributed by atoms with van der Waals surface area (Å²) in [5.74, 6) is -0.733. The zero-order chi connectivity index (χ0) is 24.2. The third kappa shape index (κ3) is 8.64. The summed E-state index contributed by atoms with van der Waals surface area (Å²) in [7, 11) is 0. The second kappa shape index (κ2) is 12.8. The van der Waals surface area contributed by atoms with Gasteiger partial charge in [-0.15, -0.1) is 0 Å². The van der Waals surface area contributed by atoms with E-state index in [0.29, 0.717) is 17.9 Å². The fourth-order valence-electron chi connectivity index (χ4n) is 3.09. The van der Waals surface area contributed by atoms with Gasteiger partial charge < -0.3 is 26.4 Å². The lowest BCUT2D eigenvalue weighted by Gasteiger charge is -2.20. The highest BCUT2D eigenvalue weighted by molar-refractivity contribution is 5.96. The molecule has 2 rings (SSSR count). The average molecular weight is 454 g/mol. The Kier molecular flexibility index (Phi) is 9.88. The third-order valence-corrected chi connectivity index (χ3v) is 4.90. The minimum Gasteiger partial charge on any atom is -0.466 e. The summed E-state index contributed by atoms with van der Waals surface area (Å²) in [6, 6.07) is 13.2. The molecule has 3 amide bonds. The van der Waals surface area contributed by atoms with Crippen molar-refractivity contribution < 1.29 is 19.1 Å². The number of nitrogens with one attached hydrogen (secondary N) is 4. The molecule has 2 aromatic carbocycles. The Bertz CT molecular complexity index is 958. The van der Waals surface area contributed by atoms with E-state index in [-0.39, 0.29) is 37.1 Å². The number of hydrogen-bond donors (Lipinski definition) is 5. The number of benzene rings is 2. The molecule has 9 heteroatoms. The van der Waals surface area contributed by atoms with Crippen molar-refractivity contribution in [1.82, 2.24) is 10.6 Å². The van der Waals surface area contributed by atoms with Gasteiger partial charge in [-0.2, -0.15) is 0 Å². The lowest BCUT2D eigenvalue weighted by atomic mass is 10.0. The summed E-state index contributed by atoms with van der Waals surface area (Å²) < 4.78 is 4.85. The molecule has 0 aromatic heterocycles. The van der Waals surface area contributed by atoms with Gasteiger partial charge in [-0.25, -0.2) is 4.79 Å². The first kappa shape index (κ1) is 25.4. The van der Waals surface area contributed by atoms with Crippen LogP contribution in [0.5, 0.6) is 0 Å². The quantitative estimate of drug-likeness (QED) is 0.202. The fraction of sp³-hybridized carbons (Fsp3) is 0.333. The zero-order valence-corrected chi connectivity index (χ0v) is 18.9. The molecule has 0 fully saturated rings. The molecular formula is C24H31N5O4. The summed E-state index contributed by atoms with van der Waals surface area (Å²) in [6.07, 6.45) is 0.966. The van der Waals surface area contributed by atoms with Gasteiger partial charge in [-0.1, -0.05) is 31.2 Å². The van der Waals surface area contributed by atoms with Crippen molar-refractivity contribution in [1.29, 1.82) is 5.41 Å². The van der Waals surface area contributed by atoms with Gasteiger partial charge in [0, 0.05) is 17.8 Å². The summed E-state index contributed by atoms with van der Waals surface area (Å²) in [5, 5.41) is 15.7. The number of esters is 1. The second-order valence-electron chi connectivity index (χ2n) is 7.35. The van der Waals surface area contributed by atoms with Crippen LogP contribution >= 0.6 is 0 Å². The predicted molar refractivity (Wildman–Crippen MR) is 127 cm³/mol. The largest absolute Gasteiger partial charge is 0.466 e. The number of nitrogen functional groups attached to an aromatic ring is 1. The highest BCUT2D eigenvalue weighted by Gasteiger charge is 2.19. The van der Waals surface area contributed by atoms with Crippen LogP contribution in [-0.2, 0) is 20.7 Å². The number of amidine groups is 1. The molecule has 0 aliphatic rings. The Morgan fingerprint density at radius 1 is 1.03 bits per heavy atom.